The molecular formula is C17H21N3O2S. The highest BCUT2D eigenvalue weighted by Gasteiger charge is 2.26. The average Bonchev–Trinajstić information content (AvgIpc) is 2.98. The normalized spacial score (nSPS) is 17.0. The Morgan fingerprint density at radius 1 is 1.30 bits per heavy atom. The molecule has 5 nitrogen and oxygen atoms in total. The van der Waals surface area contributed by atoms with Crippen molar-refractivity contribution >= 4 is 33.2 Å². The predicted molar refractivity (Wildman–Crippen MR) is 92.2 cm³/mol. The molecule has 1 aromatic carbocycles. The number of primary amides is 1. The molecule has 0 spiro atoms. The number of fused-ring (bicyclic) bond motifs is 1. The van der Waals surface area contributed by atoms with Crippen molar-refractivity contribution in [3.63, 3.8) is 0 Å². The Hall–Kier alpha value is -1.92. The lowest BCUT2D eigenvalue weighted by Crippen LogP contribution is -2.49. The molecule has 0 saturated carbocycles. The summed E-state index contributed by atoms with van der Waals surface area (Å²) in [6.07, 6.45) is 2.05. The Balaban J connectivity index is 1.71. The average molecular weight is 331 g/mol. The number of hydrogen-bond donors (Lipinski definition) is 3. The van der Waals surface area contributed by atoms with Gasteiger partial charge in [0.25, 0.3) is 0 Å². The minimum atomic E-state index is -0.657. The zero-order valence-electron chi connectivity index (χ0n) is 12.9. The van der Waals surface area contributed by atoms with E-state index in [1.54, 1.807) is 11.3 Å². The first kappa shape index (κ1) is 16.0. The fourth-order valence-corrected chi connectivity index (χ4v) is 3.98. The van der Waals surface area contributed by atoms with Gasteiger partial charge in [0.05, 0.1) is 0 Å². The lowest BCUT2D eigenvalue weighted by molar-refractivity contribution is -0.130. The fraction of sp³-hybridized carbons (Fsp3) is 0.412. The largest absolute Gasteiger partial charge is 0.368 e. The first-order chi connectivity index (χ1) is 11.1. The molecule has 1 saturated heterocycles. The number of carbonyl (C=O) groups is 2. The van der Waals surface area contributed by atoms with E-state index in [1.807, 2.05) is 23.6 Å². The van der Waals surface area contributed by atoms with Crippen LogP contribution in [0.5, 0.6) is 0 Å². The number of rotatable bonds is 5. The molecule has 2 amide bonds. The first-order valence-electron chi connectivity index (χ1n) is 7.90. The minimum absolute atomic E-state index is 0.0303. The van der Waals surface area contributed by atoms with Crippen LogP contribution < -0.4 is 16.4 Å². The van der Waals surface area contributed by atoms with E-state index in [2.05, 4.69) is 16.7 Å². The summed E-state index contributed by atoms with van der Waals surface area (Å²) in [5, 5.41) is 9.25. The Morgan fingerprint density at radius 3 is 2.78 bits per heavy atom. The van der Waals surface area contributed by atoms with Gasteiger partial charge in [0.15, 0.2) is 0 Å². The maximum absolute atomic E-state index is 12.4. The molecule has 1 aliphatic heterocycles. The summed E-state index contributed by atoms with van der Waals surface area (Å²) < 4.78 is 1.18. The lowest BCUT2D eigenvalue weighted by atomic mass is 9.96. The van der Waals surface area contributed by atoms with Crippen molar-refractivity contribution in [2.24, 2.45) is 11.7 Å². The van der Waals surface area contributed by atoms with Gasteiger partial charge < -0.3 is 16.4 Å². The van der Waals surface area contributed by atoms with Crippen LogP contribution >= 0.6 is 11.3 Å². The van der Waals surface area contributed by atoms with Crippen LogP contribution in [0.15, 0.2) is 29.6 Å². The van der Waals surface area contributed by atoms with Gasteiger partial charge in [0, 0.05) is 17.0 Å². The van der Waals surface area contributed by atoms with Crippen molar-refractivity contribution in [2.75, 3.05) is 13.1 Å². The van der Waals surface area contributed by atoms with Crippen LogP contribution in [0.1, 0.15) is 18.4 Å². The highest BCUT2D eigenvalue weighted by molar-refractivity contribution is 7.17. The third-order valence-corrected chi connectivity index (χ3v) is 5.37. The standard InChI is InChI=1S/C17H21N3O2S/c18-16(21)14(20-17(22)11-5-7-19-8-6-11)9-12-10-23-15-4-2-1-3-13(12)15/h1-4,10-11,14,19H,5-9H2,(H2,18,21)(H,20,22)/t14-/m1/s1. The van der Waals surface area contributed by atoms with Gasteiger partial charge in [-0.3, -0.25) is 9.59 Å². The molecule has 3 rings (SSSR count). The molecule has 0 bridgehead atoms. The van der Waals surface area contributed by atoms with Crippen LogP contribution in [0.2, 0.25) is 0 Å². The van der Waals surface area contributed by atoms with Crippen LogP contribution in [0.25, 0.3) is 10.1 Å². The number of thiophene rings is 1. The van der Waals surface area contributed by atoms with E-state index in [0.717, 1.165) is 36.9 Å². The van der Waals surface area contributed by atoms with E-state index in [0.29, 0.717) is 6.42 Å². The van der Waals surface area contributed by atoms with Gasteiger partial charge in [-0.1, -0.05) is 18.2 Å². The van der Waals surface area contributed by atoms with Gasteiger partial charge in [-0.05, 0) is 48.3 Å². The SMILES string of the molecule is NC(=O)[C@@H](Cc1csc2ccccc12)NC(=O)C1CCNCC1. The summed E-state index contributed by atoms with van der Waals surface area (Å²) in [5.74, 6) is -0.574. The van der Waals surface area contributed by atoms with Gasteiger partial charge in [-0.15, -0.1) is 11.3 Å². The molecule has 2 heterocycles. The molecule has 1 fully saturated rings. The number of amides is 2. The van der Waals surface area contributed by atoms with Crippen molar-refractivity contribution in [1.29, 1.82) is 0 Å². The zero-order valence-corrected chi connectivity index (χ0v) is 13.7. The second kappa shape index (κ2) is 7.10. The molecular weight excluding hydrogens is 310 g/mol. The van der Waals surface area contributed by atoms with Crippen molar-refractivity contribution in [3.05, 3.63) is 35.2 Å². The van der Waals surface area contributed by atoms with Crippen molar-refractivity contribution < 1.29 is 9.59 Å². The highest BCUT2D eigenvalue weighted by atomic mass is 32.1. The maximum Gasteiger partial charge on any atom is 0.240 e. The molecule has 1 atom stereocenters. The number of carbonyl (C=O) groups excluding carboxylic acids is 2. The molecule has 0 aliphatic carbocycles. The number of nitrogens with two attached hydrogens (primary N) is 1. The van der Waals surface area contributed by atoms with Crippen LogP contribution in [0.4, 0.5) is 0 Å². The van der Waals surface area contributed by atoms with Crippen molar-refractivity contribution in [1.82, 2.24) is 10.6 Å². The summed E-state index contributed by atoms with van der Waals surface area (Å²) >= 11 is 1.64. The van der Waals surface area contributed by atoms with E-state index in [-0.39, 0.29) is 11.8 Å². The Kier molecular flexibility index (Phi) is 4.93. The molecule has 6 heteroatoms. The summed E-state index contributed by atoms with van der Waals surface area (Å²) in [6, 6.07) is 7.40. The minimum Gasteiger partial charge on any atom is -0.368 e. The van der Waals surface area contributed by atoms with Crippen LogP contribution in [0, 0.1) is 5.92 Å². The fourth-order valence-electron chi connectivity index (χ4n) is 3.01. The van der Waals surface area contributed by atoms with E-state index in [4.69, 9.17) is 5.73 Å². The van der Waals surface area contributed by atoms with Gasteiger partial charge in [-0.2, -0.15) is 0 Å². The number of nitrogens with one attached hydrogen (secondary N) is 2. The summed E-state index contributed by atoms with van der Waals surface area (Å²) in [6.45, 7) is 1.68. The summed E-state index contributed by atoms with van der Waals surface area (Å²) in [4.78, 5) is 24.1. The van der Waals surface area contributed by atoms with E-state index in [1.165, 1.54) is 4.70 Å². The number of hydrogen-bond acceptors (Lipinski definition) is 4. The summed E-state index contributed by atoms with van der Waals surface area (Å²) in [5.41, 5.74) is 6.57. The van der Waals surface area contributed by atoms with Gasteiger partial charge in [0.2, 0.25) is 11.8 Å². The highest BCUT2D eigenvalue weighted by Crippen LogP contribution is 2.26. The van der Waals surface area contributed by atoms with Gasteiger partial charge in [0.1, 0.15) is 6.04 Å². The molecule has 122 valence electrons. The second-order valence-corrected chi connectivity index (χ2v) is 6.86. The first-order valence-corrected chi connectivity index (χ1v) is 8.78. The number of benzene rings is 1. The zero-order chi connectivity index (χ0) is 16.2. The molecule has 2 aromatic rings. The van der Waals surface area contributed by atoms with Gasteiger partial charge in [-0.25, -0.2) is 0 Å². The molecule has 4 N–H and O–H groups in total. The predicted octanol–water partition coefficient (Wildman–Crippen LogP) is 1.41. The summed E-state index contributed by atoms with van der Waals surface area (Å²) in [7, 11) is 0. The molecule has 23 heavy (non-hydrogen) atoms. The second-order valence-electron chi connectivity index (χ2n) is 5.95. The molecule has 1 aromatic heterocycles. The molecule has 1 aliphatic rings. The smallest absolute Gasteiger partial charge is 0.240 e. The quantitative estimate of drug-likeness (QED) is 0.774. The maximum atomic E-state index is 12.4. The van der Waals surface area contributed by atoms with E-state index >= 15 is 0 Å². The van der Waals surface area contributed by atoms with Gasteiger partial charge >= 0.3 is 0 Å². The van der Waals surface area contributed by atoms with Crippen LogP contribution in [-0.4, -0.2) is 30.9 Å². The Bertz CT molecular complexity index is 707. The Labute approximate surface area is 139 Å². The number of piperidine rings is 1. The van der Waals surface area contributed by atoms with Crippen molar-refractivity contribution in [2.45, 2.75) is 25.3 Å². The Morgan fingerprint density at radius 2 is 2.04 bits per heavy atom. The van der Waals surface area contributed by atoms with Crippen LogP contribution in [-0.2, 0) is 16.0 Å². The molecule has 0 unspecified atom stereocenters. The van der Waals surface area contributed by atoms with Crippen LogP contribution in [0.3, 0.4) is 0 Å². The molecule has 0 radical (unpaired) electrons. The third kappa shape index (κ3) is 3.71. The topological polar surface area (TPSA) is 84.2 Å². The van der Waals surface area contributed by atoms with E-state index < -0.39 is 11.9 Å². The van der Waals surface area contributed by atoms with E-state index in [9.17, 15) is 9.59 Å². The monoisotopic (exact) mass is 331 g/mol. The lowest BCUT2D eigenvalue weighted by Gasteiger charge is -2.24. The third-order valence-electron chi connectivity index (χ3n) is 4.36. The van der Waals surface area contributed by atoms with Crippen molar-refractivity contribution in [3.8, 4) is 0 Å².